The molecule has 4 heteroatoms. The smallest absolute Gasteiger partial charge is 0.129 e. The number of rotatable bonds is 4. The average molecular weight is 200 g/mol. The first-order valence-corrected chi connectivity index (χ1v) is 4.79. The Morgan fingerprint density at radius 2 is 2.38 bits per heavy atom. The van der Waals surface area contributed by atoms with Crippen LogP contribution in [0.2, 0.25) is 0 Å². The second-order valence-corrected chi connectivity index (χ2v) is 3.73. The Balaban J connectivity index is 2.37. The summed E-state index contributed by atoms with van der Waals surface area (Å²) in [6.07, 6.45) is 2.68. The molecule has 1 rings (SSSR count). The van der Waals surface area contributed by atoms with Crippen molar-refractivity contribution in [1.29, 1.82) is 0 Å². The molecule has 0 bridgehead atoms. The number of halogens is 1. The van der Waals surface area contributed by atoms with Crippen LogP contribution in [0, 0.1) is 6.92 Å². The van der Waals surface area contributed by atoms with Crippen LogP contribution in [-0.2, 0) is 0 Å². The van der Waals surface area contributed by atoms with Crippen molar-refractivity contribution in [3.05, 3.63) is 18.1 Å². The van der Waals surface area contributed by atoms with Gasteiger partial charge in [-0.3, -0.25) is 0 Å². The molecule has 0 radical (unpaired) electrons. The Bertz CT molecular complexity index is 263. The molecule has 0 aromatic carbocycles. The van der Waals surface area contributed by atoms with Gasteiger partial charge in [0.1, 0.15) is 11.6 Å². The summed E-state index contributed by atoms with van der Waals surface area (Å²) < 4.78 is 0. The Labute approximate surface area is 83.5 Å². The summed E-state index contributed by atoms with van der Waals surface area (Å²) in [5.41, 5.74) is 0. The summed E-state index contributed by atoms with van der Waals surface area (Å²) in [6, 6.07) is 1.85. The van der Waals surface area contributed by atoms with Crippen molar-refractivity contribution in [2.45, 2.75) is 25.6 Å². The highest BCUT2D eigenvalue weighted by Crippen LogP contribution is 2.03. The van der Waals surface area contributed by atoms with Gasteiger partial charge in [0, 0.05) is 18.1 Å². The van der Waals surface area contributed by atoms with Gasteiger partial charge in [-0.05, 0) is 26.3 Å². The van der Waals surface area contributed by atoms with E-state index in [-0.39, 0.29) is 5.38 Å². The number of nitrogens with one attached hydrogen (secondary N) is 1. The molecule has 0 saturated heterocycles. The number of alkyl halides is 1. The van der Waals surface area contributed by atoms with Crippen LogP contribution < -0.4 is 5.32 Å². The van der Waals surface area contributed by atoms with Crippen molar-refractivity contribution < 1.29 is 0 Å². The predicted octanol–water partition coefficient (Wildman–Crippen LogP) is 2.21. The number of aromatic nitrogens is 2. The third-order valence-corrected chi connectivity index (χ3v) is 1.84. The van der Waals surface area contributed by atoms with Crippen molar-refractivity contribution in [3.8, 4) is 0 Å². The highest BCUT2D eigenvalue weighted by molar-refractivity contribution is 6.20. The van der Waals surface area contributed by atoms with Gasteiger partial charge in [0.2, 0.25) is 0 Å². The van der Waals surface area contributed by atoms with Crippen LogP contribution in [0.15, 0.2) is 12.3 Å². The number of nitrogens with zero attached hydrogens (tertiary/aromatic N) is 2. The molecule has 1 atom stereocenters. The van der Waals surface area contributed by atoms with Gasteiger partial charge in [-0.1, -0.05) is 0 Å². The summed E-state index contributed by atoms with van der Waals surface area (Å²) in [4.78, 5) is 8.21. The van der Waals surface area contributed by atoms with Gasteiger partial charge in [0.15, 0.2) is 0 Å². The second-order valence-electron chi connectivity index (χ2n) is 2.99. The zero-order chi connectivity index (χ0) is 9.68. The van der Waals surface area contributed by atoms with Crippen LogP contribution in [0.3, 0.4) is 0 Å². The van der Waals surface area contributed by atoms with Gasteiger partial charge < -0.3 is 5.32 Å². The van der Waals surface area contributed by atoms with Crippen LogP contribution in [0.4, 0.5) is 5.82 Å². The summed E-state index contributed by atoms with van der Waals surface area (Å²) >= 11 is 5.80. The first-order valence-electron chi connectivity index (χ1n) is 4.36. The topological polar surface area (TPSA) is 37.8 Å². The lowest BCUT2D eigenvalue weighted by Gasteiger charge is -2.06. The largest absolute Gasteiger partial charge is 0.370 e. The molecule has 0 saturated carbocycles. The fraction of sp³-hybridized carbons (Fsp3) is 0.556. The minimum atomic E-state index is 0.204. The molecule has 72 valence electrons. The van der Waals surface area contributed by atoms with Gasteiger partial charge in [0.05, 0.1) is 0 Å². The van der Waals surface area contributed by atoms with Gasteiger partial charge in [-0.25, -0.2) is 9.97 Å². The van der Waals surface area contributed by atoms with E-state index in [4.69, 9.17) is 11.6 Å². The Morgan fingerprint density at radius 1 is 1.62 bits per heavy atom. The Kier molecular flexibility index (Phi) is 3.96. The molecule has 0 amide bonds. The molecule has 3 nitrogen and oxygen atoms in total. The van der Waals surface area contributed by atoms with Gasteiger partial charge in [0.25, 0.3) is 0 Å². The number of anilines is 1. The minimum absolute atomic E-state index is 0.204. The first-order chi connectivity index (χ1) is 6.18. The van der Waals surface area contributed by atoms with Crippen LogP contribution in [0.1, 0.15) is 19.2 Å². The molecule has 0 spiro atoms. The maximum atomic E-state index is 5.80. The standard InChI is InChI=1S/C9H14ClN3/c1-7(10)3-5-12-9-4-6-11-8(2)13-9/h4,6-7H,3,5H2,1-2H3,(H,11,12,13). The Morgan fingerprint density at radius 3 is 3.00 bits per heavy atom. The lowest BCUT2D eigenvalue weighted by molar-refractivity contribution is 0.837. The summed E-state index contributed by atoms with van der Waals surface area (Å²) in [7, 11) is 0. The molecule has 0 aliphatic carbocycles. The summed E-state index contributed by atoms with van der Waals surface area (Å²) in [6.45, 7) is 4.70. The van der Waals surface area contributed by atoms with Gasteiger partial charge in [-0.2, -0.15) is 0 Å². The van der Waals surface area contributed by atoms with E-state index in [0.717, 1.165) is 24.6 Å². The second kappa shape index (κ2) is 5.02. The SMILES string of the molecule is Cc1nccc(NCCC(C)Cl)n1. The molecular weight excluding hydrogens is 186 g/mol. The van der Waals surface area contributed by atoms with E-state index in [1.165, 1.54) is 0 Å². The number of hydrogen-bond acceptors (Lipinski definition) is 3. The van der Waals surface area contributed by atoms with Crippen molar-refractivity contribution in [2.75, 3.05) is 11.9 Å². The lowest BCUT2D eigenvalue weighted by atomic mass is 10.3. The van der Waals surface area contributed by atoms with Crippen molar-refractivity contribution in [1.82, 2.24) is 9.97 Å². The van der Waals surface area contributed by atoms with Crippen LogP contribution in [0.5, 0.6) is 0 Å². The fourth-order valence-corrected chi connectivity index (χ4v) is 1.06. The molecule has 1 heterocycles. The van der Waals surface area contributed by atoms with Gasteiger partial charge >= 0.3 is 0 Å². The normalized spacial score (nSPS) is 12.5. The van der Waals surface area contributed by atoms with E-state index in [0.29, 0.717) is 0 Å². The predicted molar refractivity (Wildman–Crippen MR) is 55.2 cm³/mol. The van der Waals surface area contributed by atoms with Crippen LogP contribution in [-0.4, -0.2) is 21.9 Å². The van der Waals surface area contributed by atoms with Crippen LogP contribution >= 0.6 is 11.6 Å². The quantitative estimate of drug-likeness (QED) is 0.756. The summed E-state index contributed by atoms with van der Waals surface area (Å²) in [5, 5.41) is 3.39. The van der Waals surface area contributed by atoms with E-state index >= 15 is 0 Å². The molecule has 1 aromatic rings. The van der Waals surface area contributed by atoms with E-state index in [2.05, 4.69) is 15.3 Å². The molecule has 0 aliphatic rings. The highest BCUT2D eigenvalue weighted by Gasteiger charge is 1.97. The molecule has 0 fully saturated rings. The molecule has 0 aliphatic heterocycles. The molecule has 1 unspecified atom stereocenters. The Hall–Kier alpha value is -0.830. The molecule has 13 heavy (non-hydrogen) atoms. The zero-order valence-corrected chi connectivity index (χ0v) is 8.67. The third-order valence-electron chi connectivity index (χ3n) is 1.62. The zero-order valence-electron chi connectivity index (χ0n) is 7.92. The number of aryl methyl sites for hydroxylation is 1. The minimum Gasteiger partial charge on any atom is -0.370 e. The van der Waals surface area contributed by atoms with E-state index < -0.39 is 0 Å². The maximum Gasteiger partial charge on any atom is 0.129 e. The van der Waals surface area contributed by atoms with Crippen molar-refractivity contribution in [3.63, 3.8) is 0 Å². The van der Waals surface area contributed by atoms with Crippen molar-refractivity contribution >= 4 is 17.4 Å². The highest BCUT2D eigenvalue weighted by atomic mass is 35.5. The third kappa shape index (κ3) is 4.08. The van der Waals surface area contributed by atoms with Gasteiger partial charge in [-0.15, -0.1) is 11.6 Å². The average Bonchev–Trinajstić information content (AvgIpc) is 2.03. The monoisotopic (exact) mass is 199 g/mol. The first kappa shape index (κ1) is 10.3. The molecule has 1 N–H and O–H groups in total. The van der Waals surface area contributed by atoms with Crippen molar-refractivity contribution in [2.24, 2.45) is 0 Å². The fourth-order valence-electron chi connectivity index (χ4n) is 0.954. The number of hydrogen-bond donors (Lipinski definition) is 1. The van der Waals surface area contributed by atoms with Crippen LogP contribution in [0.25, 0.3) is 0 Å². The molecule has 1 aromatic heterocycles. The van der Waals surface area contributed by atoms with E-state index in [1.54, 1.807) is 6.20 Å². The van der Waals surface area contributed by atoms with E-state index in [1.807, 2.05) is 19.9 Å². The molecular formula is C9H14ClN3. The lowest BCUT2D eigenvalue weighted by Crippen LogP contribution is -2.07. The summed E-state index contributed by atoms with van der Waals surface area (Å²) in [5.74, 6) is 1.65. The maximum absolute atomic E-state index is 5.80. The van der Waals surface area contributed by atoms with E-state index in [9.17, 15) is 0 Å².